The van der Waals surface area contributed by atoms with Gasteiger partial charge in [-0.25, -0.2) is 4.98 Å². The molecule has 190 valence electrons. The summed E-state index contributed by atoms with van der Waals surface area (Å²) in [5.41, 5.74) is 4.62. The fourth-order valence-electron chi connectivity index (χ4n) is 5.01. The standard InChI is InChI=1S/C26H28N8O3/c1-15-22(7-19(10-27-15)30-24(35)14-34-12-20-3-4-21(13-34)37-20)32-26(36)17-5-16-6-23(31-25(16)28-8-17)18-9-29-33(2)11-18/h5-11,20-21H,3-4,12-14H2,1-2H3,(H,28,31)(H,30,35)(H,32,36)/t20-,21+. The zero-order valence-electron chi connectivity index (χ0n) is 20.7. The molecule has 6 rings (SSSR count). The van der Waals surface area contributed by atoms with E-state index in [9.17, 15) is 9.59 Å². The molecule has 2 saturated heterocycles. The maximum absolute atomic E-state index is 13.0. The molecule has 11 heteroatoms. The number of aryl methyl sites for hydroxylation is 2. The second kappa shape index (κ2) is 9.41. The first kappa shape index (κ1) is 23.3. The highest BCUT2D eigenvalue weighted by Crippen LogP contribution is 2.27. The minimum atomic E-state index is -0.310. The molecule has 2 aliphatic rings. The van der Waals surface area contributed by atoms with Crippen LogP contribution in [0.3, 0.4) is 0 Å². The number of fused-ring (bicyclic) bond motifs is 3. The first-order valence-electron chi connectivity index (χ1n) is 12.3. The molecule has 0 unspecified atom stereocenters. The smallest absolute Gasteiger partial charge is 0.257 e. The van der Waals surface area contributed by atoms with E-state index in [4.69, 9.17) is 4.74 Å². The van der Waals surface area contributed by atoms with E-state index in [-0.39, 0.29) is 24.0 Å². The minimum Gasteiger partial charge on any atom is -0.372 e. The summed E-state index contributed by atoms with van der Waals surface area (Å²) in [6.45, 7) is 3.66. The molecule has 0 saturated carbocycles. The van der Waals surface area contributed by atoms with Crippen LogP contribution in [0, 0.1) is 6.92 Å². The van der Waals surface area contributed by atoms with E-state index < -0.39 is 0 Å². The predicted molar refractivity (Wildman–Crippen MR) is 138 cm³/mol. The third kappa shape index (κ3) is 4.95. The molecule has 4 aromatic heterocycles. The number of aromatic nitrogens is 5. The van der Waals surface area contributed by atoms with Gasteiger partial charge < -0.3 is 20.4 Å². The number of ether oxygens (including phenoxy) is 1. The van der Waals surface area contributed by atoms with Crippen molar-refractivity contribution >= 4 is 34.2 Å². The quantitative estimate of drug-likeness (QED) is 0.371. The lowest BCUT2D eigenvalue weighted by atomic mass is 10.2. The van der Waals surface area contributed by atoms with Gasteiger partial charge in [0.25, 0.3) is 5.91 Å². The monoisotopic (exact) mass is 500 g/mol. The van der Waals surface area contributed by atoms with Crippen LogP contribution >= 0.6 is 0 Å². The summed E-state index contributed by atoms with van der Waals surface area (Å²) >= 11 is 0. The van der Waals surface area contributed by atoms with Crippen molar-refractivity contribution in [3.8, 4) is 11.3 Å². The lowest BCUT2D eigenvalue weighted by Crippen LogP contribution is -2.45. The molecule has 4 aromatic rings. The molecule has 0 spiro atoms. The Bertz CT molecular complexity index is 1480. The zero-order valence-corrected chi connectivity index (χ0v) is 20.7. The Labute approximate surface area is 213 Å². The average Bonchev–Trinajstić information content (AvgIpc) is 3.58. The van der Waals surface area contributed by atoms with Crippen molar-refractivity contribution in [3.05, 3.63) is 54.2 Å². The van der Waals surface area contributed by atoms with Gasteiger partial charge in [0.1, 0.15) is 5.65 Å². The number of anilines is 2. The second-order valence-corrected chi connectivity index (χ2v) is 9.76. The molecule has 2 aliphatic heterocycles. The number of amides is 2. The summed E-state index contributed by atoms with van der Waals surface area (Å²) in [6.07, 6.45) is 9.39. The van der Waals surface area contributed by atoms with Crippen molar-refractivity contribution in [1.82, 2.24) is 29.6 Å². The van der Waals surface area contributed by atoms with Gasteiger partial charge >= 0.3 is 0 Å². The number of hydrogen-bond donors (Lipinski definition) is 3. The van der Waals surface area contributed by atoms with E-state index in [2.05, 4.69) is 35.6 Å². The van der Waals surface area contributed by atoms with E-state index >= 15 is 0 Å². The van der Waals surface area contributed by atoms with Crippen molar-refractivity contribution in [1.29, 1.82) is 0 Å². The number of carbonyl (C=O) groups is 2. The normalized spacial score (nSPS) is 19.3. The number of aromatic amines is 1. The van der Waals surface area contributed by atoms with Gasteiger partial charge in [0.15, 0.2) is 0 Å². The summed E-state index contributed by atoms with van der Waals surface area (Å²) in [5.74, 6) is -0.425. The average molecular weight is 501 g/mol. The van der Waals surface area contributed by atoms with Crippen LogP contribution in [0.1, 0.15) is 28.9 Å². The fourth-order valence-corrected chi connectivity index (χ4v) is 5.01. The zero-order chi connectivity index (χ0) is 25.5. The number of nitrogens with one attached hydrogen (secondary N) is 3. The summed E-state index contributed by atoms with van der Waals surface area (Å²) < 4.78 is 7.57. The topological polar surface area (TPSA) is 130 Å². The first-order valence-corrected chi connectivity index (χ1v) is 12.3. The summed E-state index contributed by atoms with van der Waals surface area (Å²) in [7, 11) is 1.86. The maximum Gasteiger partial charge on any atom is 0.257 e. The van der Waals surface area contributed by atoms with Gasteiger partial charge in [0.05, 0.1) is 59.5 Å². The van der Waals surface area contributed by atoms with Crippen LogP contribution in [0.25, 0.3) is 22.3 Å². The number of hydrogen-bond acceptors (Lipinski definition) is 7. The van der Waals surface area contributed by atoms with Gasteiger partial charge in [0, 0.05) is 43.5 Å². The van der Waals surface area contributed by atoms with Crippen LogP contribution in [0.15, 0.2) is 43.0 Å². The number of likely N-dealkylation sites (tertiary alicyclic amines) is 1. The van der Waals surface area contributed by atoms with Gasteiger partial charge in [-0.3, -0.25) is 24.2 Å². The summed E-state index contributed by atoms with van der Waals surface area (Å²) in [5, 5.41) is 10.8. The van der Waals surface area contributed by atoms with Crippen LogP contribution in [0.4, 0.5) is 11.4 Å². The van der Waals surface area contributed by atoms with Gasteiger partial charge in [0.2, 0.25) is 5.91 Å². The first-order chi connectivity index (χ1) is 17.9. The molecule has 3 N–H and O–H groups in total. The van der Waals surface area contributed by atoms with Crippen molar-refractivity contribution in [2.24, 2.45) is 7.05 Å². The van der Waals surface area contributed by atoms with Gasteiger partial charge in [-0.15, -0.1) is 0 Å². The van der Waals surface area contributed by atoms with Crippen molar-refractivity contribution in [2.45, 2.75) is 32.0 Å². The predicted octanol–water partition coefficient (Wildman–Crippen LogP) is 2.72. The van der Waals surface area contributed by atoms with Crippen molar-refractivity contribution in [2.75, 3.05) is 30.3 Å². The van der Waals surface area contributed by atoms with Crippen LogP contribution in [0.2, 0.25) is 0 Å². The Morgan fingerprint density at radius 3 is 2.65 bits per heavy atom. The minimum absolute atomic E-state index is 0.115. The summed E-state index contributed by atoms with van der Waals surface area (Å²) in [6, 6.07) is 5.46. The molecule has 0 aromatic carbocycles. The highest BCUT2D eigenvalue weighted by atomic mass is 16.5. The third-order valence-corrected chi connectivity index (χ3v) is 6.85. The number of pyridine rings is 2. The van der Waals surface area contributed by atoms with E-state index in [1.165, 1.54) is 6.20 Å². The van der Waals surface area contributed by atoms with Crippen molar-refractivity contribution < 1.29 is 14.3 Å². The van der Waals surface area contributed by atoms with Crippen molar-refractivity contribution in [3.63, 3.8) is 0 Å². The van der Waals surface area contributed by atoms with E-state index in [0.717, 1.165) is 42.6 Å². The highest BCUT2D eigenvalue weighted by molar-refractivity contribution is 6.06. The van der Waals surface area contributed by atoms with Gasteiger partial charge in [-0.05, 0) is 38.0 Å². The molecular weight excluding hydrogens is 472 g/mol. The molecule has 0 radical (unpaired) electrons. The molecule has 2 bridgehead atoms. The highest BCUT2D eigenvalue weighted by Gasteiger charge is 2.34. The van der Waals surface area contributed by atoms with Gasteiger partial charge in [-0.2, -0.15) is 5.10 Å². The third-order valence-electron chi connectivity index (χ3n) is 6.85. The van der Waals surface area contributed by atoms with Crippen LogP contribution in [0.5, 0.6) is 0 Å². The maximum atomic E-state index is 13.0. The van der Waals surface area contributed by atoms with Crippen LogP contribution < -0.4 is 10.6 Å². The van der Waals surface area contributed by atoms with E-state index in [0.29, 0.717) is 34.8 Å². The molecule has 2 fully saturated rings. The molecule has 37 heavy (non-hydrogen) atoms. The Hall–Kier alpha value is -4.09. The second-order valence-electron chi connectivity index (χ2n) is 9.76. The van der Waals surface area contributed by atoms with E-state index in [1.54, 1.807) is 36.1 Å². The number of rotatable bonds is 6. The van der Waals surface area contributed by atoms with Gasteiger partial charge in [-0.1, -0.05) is 0 Å². The molecular formula is C26H28N8O3. The Balaban J connectivity index is 1.13. The number of nitrogens with zero attached hydrogens (tertiary/aromatic N) is 5. The SMILES string of the molecule is Cc1ncc(NC(=O)CN2C[C@H]3CC[C@@H](C2)O3)cc1NC(=O)c1cnc2[nH]c(-c3cnn(C)c3)cc2c1. The molecule has 2 amide bonds. The molecule has 6 heterocycles. The van der Waals surface area contributed by atoms with E-state index in [1.807, 2.05) is 19.3 Å². The summed E-state index contributed by atoms with van der Waals surface area (Å²) in [4.78, 5) is 39.9. The fraction of sp³-hybridized carbons (Fsp3) is 0.346. The molecule has 0 aliphatic carbocycles. The number of carbonyl (C=O) groups excluding carboxylic acids is 2. The number of H-pyrrole nitrogens is 1. The van der Waals surface area contributed by atoms with Crippen LogP contribution in [-0.4, -0.2) is 73.3 Å². The Kier molecular flexibility index (Phi) is 5.93. The lowest BCUT2D eigenvalue weighted by molar-refractivity contribution is -0.119. The number of morpholine rings is 1. The Morgan fingerprint density at radius 2 is 1.89 bits per heavy atom. The Morgan fingerprint density at radius 1 is 1.08 bits per heavy atom. The molecule has 2 atom stereocenters. The lowest BCUT2D eigenvalue weighted by Gasteiger charge is -2.31. The van der Waals surface area contributed by atoms with Crippen LogP contribution in [-0.2, 0) is 16.6 Å². The molecule has 11 nitrogen and oxygen atoms in total. The largest absolute Gasteiger partial charge is 0.372 e.